The van der Waals surface area contributed by atoms with Crippen LogP contribution in [0.15, 0.2) is 212 Å². The average molecular weight is 855 g/mol. The predicted octanol–water partition coefficient (Wildman–Crippen LogP) is 8.06. The Kier molecular flexibility index (Phi) is 12.8. The van der Waals surface area contributed by atoms with Gasteiger partial charge < -0.3 is 11.1 Å². The minimum atomic E-state index is -3.46. The van der Waals surface area contributed by atoms with Crippen molar-refractivity contribution in [3.8, 4) is 0 Å². The zero-order valence-electron chi connectivity index (χ0n) is 26.4. The summed E-state index contributed by atoms with van der Waals surface area (Å²) in [5.74, 6) is 0. The molecule has 0 saturated heterocycles. The van der Waals surface area contributed by atoms with Crippen LogP contribution in [0.25, 0.3) is 16.0 Å². The third-order valence-electron chi connectivity index (χ3n) is 8.09. The van der Waals surface area contributed by atoms with Crippen molar-refractivity contribution < 1.29 is 0 Å². The minimum absolute atomic E-state index is 1.30. The van der Waals surface area contributed by atoms with Crippen molar-refractivity contribution in [1.29, 1.82) is 0 Å². The summed E-state index contributed by atoms with van der Waals surface area (Å²) in [4.78, 5) is 1.50. The third kappa shape index (κ3) is 7.78. The molecule has 48 heavy (non-hydrogen) atoms. The summed E-state index contributed by atoms with van der Waals surface area (Å²) in [6.07, 6.45) is 0. The van der Waals surface area contributed by atoms with Crippen LogP contribution in [0.3, 0.4) is 0 Å². The van der Waals surface area contributed by atoms with E-state index in [2.05, 4.69) is 194 Å². The summed E-state index contributed by atoms with van der Waals surface area (Å²) in [6.45, 7) is 0. The van der Waals surface area contributed by atoms with Gasteiger partial charge >= 0.3 is 129 Å². The normalized spacial score (nSPS) is 10.7. The van der Waals surface area contributed by atoms with Gasteiger partial charge in [0.15, 0.2) is 0 Å². The number of hydrogen-bond acceptors (Lipinski definition) is 0. The molecular weight excluding hydrogens is 820 g/mol. The molecule has 3 nitrogen and oxygen atoms in total. The summed E-state index contributed by atoms with van der Waals surface area (Å²) >= 11 is -3.46. The Hall–Kier alpha value is -4.51. The van der Waals surface area contributed by atoms with Crippen molar-refractivity contribution in [2.24, 2.45) is 0 Å². The molecule has 0 amide bonds. The molecule has 0 unspecified atom stereocenters. The number of nitrogens with zero attached hydrogens (tertiary/aromatic N) is 3. The zero-order valence-corrected chi connectivity index (χ0v) is 31.9. The van der Waals surface area contributed by atoms with Gasteiger partial charge in [-0.2, -0.15) is 0 Å². The average Bonchev–Trinajstić information content (AvgIpc) is 3.18. The van der Waals surface area contributed by atoms with E-state index in [1.54, 1.807) is 0 Å². The first-order valence-corrected chi connectivity index (χ1v) is 28.0. The van der Waals surface area contributed by atoms with Crippen LogP contribution >= 0.6 is 15.6 Å². The first-order valence-electron chi connectivity index (χ1n) is 15.6. The molecule has 0 aliphatic carbocycles. The second-order valence-electron chi connectivity index (χ2n) is 10.9. The van der Waals surface area contributed by atoms with Gasteiger partial charge in [-0.15, -0.1) is 0 Å². The van der Waals surface area contributed by atoms with Crippen LogP contribution in [0.1, 0.15) is 0 Å². The van der Waals surface area contributed by atoms with Gasteiger partial charge in [-0.3, -0.25) is 4.91 Å². The first kappa shape index (κ1) is 34.8. The van der Waals surface area contributed by atoms with Gasteiger partial charge in [0.25, 0.3) is 0 Å². The molecule has 6 heteroatoms. The number of benzene rings is 7. The fourth-order valence-corrected chi connectivity index (χ4v) is 25.1. The summed E-state index contributed by atoms with van der Waals surface area (Å²) in [7, 11) is 5.43. The molecule has 7 rings (SSSR count). The van der Waals surface area contributed by atoms with Crippen molar-refractivity contribution >= 4 is 66.1 Å². The van der Waals surface area contributed by atoms with Crippen LogP contribution in [0.5, 0.6) is 0 Å². The van der Waals surface area contributed by atoms with E-state index in [4.69, 9.17) is 19.4 Å². The zero-order chi connectivity index (χ0) is 33.5. The van der Waals surface area contributed by atoms with Gasteiger partial charge in [0.2, 0.25) is 0 Å². The van der Waals surface area contributed by atoms with Crippen molar-refractivity contribution in [3.05, 3.63) is 228 Å². The smallest absolute Gasteiger partial charge is 0.144 e. The summed E-state index contributed by atoms with van der Waals surface area (Å²) in [6, 6.07) is 75.5. The summed E-state index contributed by atoms with van der Waals surface area (Å²) < 4.78 is 3.91. The molecule has 0 N–H and O–H groups in total. The number of hydrogen-bond donors (Lipinski definition) is 0. The molecule has 0 atom stereocenters. The Labute approximate surface area is 292 Å². The molecule has 0 spiro atoms. The Morgan fingerprint density at radius 3 is 0.688 bits per heavy atom. The van der Waals surface area contributed by atoms with Crippen molar-refractivity contribution in [2.75, 3.05) is 0 Å². The monoisotopic (exact) mass is 855 g/mol. The molecule has 234 valence electrons. The second kappa shape index (κ2) is 17.6. The standard InChI is InChI=1S/C24H20P.3C6H5.ClH.N3.Pb/c1-5-13-21(14-6-1)25(22-15-7-2-8-16-22,23-17-9-3-10-18-23)24-19-11-4-12-20-24;3*1-2-4-6-5-3-1;;1-3-2;/h1-20H;3*1-5H;1H;;/q+1;;;;;-1;+1/p-1. The molecule has 0 aliphatic heterocycles. The van der Waals surface area contributed by atoms with Crippen LogP contribution in [0, 0.1) is 0 Å². The van der Waals surface area contributed by atoms with E-state index in [0.29, 0.717) is 0 Å². The SMILES string of the molecule is [Cl][Pb]([c]1ccccc1)([c]1ccccc1)[c]1ccccc1.[N-]=[N+]=[N-].c1ccc([P+](c2ccccc2)(c2ccccc2)c2ccccc2)cc1. The van der Waals surface area contributed by atoms with Crippen LogP contribution < -0.4 is 30.6 Å². The second-order valence-corrected chi connectivity index (χ2v) is 31.1. The first-order chi connectivity index (χ1) is 23.7. The Morgan fingerprint density at radius 1 is 0.333 bits per heavy atom. The molecular formula is C42H35ClN3PPb. The predicted molar refractivity (Wildman–Crippen MR) is 211 cm³/mol. The number of rotatable bonds is 7. The molecule has 7 aromatic rings. The van der Waals surface area contributed by atoms with Crippen LogP contribution in [0.4, 0.5) is 0 Å². The Morgan fingerprint density at radius 2 is 0.500 bits per heavy atom. The van der Waals surface area contributed by atoms with Crippen molar-refractivity contribution in [2.45, 2.75) is 0 Å². The van der Waals surface area contributed by atoms with E-state index in [0.717, 1.165) is 0 Å². The topological polar surface area (TPSA) is 58.7 Å². The van der Waals surface area contributed by atoms with Gasteiger partial charge in [0, 0.05) is 0 Å². The van der Waals surface area contributed by atoms with E-state index in [1.165, 1.54) is 35.5 Å². The Bertz CT molecular complexity index is 1720. The van der Waals surface area contributed by atoms with E-state index >= 15 is 0 Å². The number of halogens is 1. The van der Waals surface area contributed by atoms with Crippen LogP contribution in [-0.2, 0) is 0 Å². The molecule has 0 saturated carbocycles. The fourth-order valence-electron chi connectivity index (χ4n) is 6.00. The van der Waals surface area contributed by atoms with E-state index in [-0.39, 0.29) is 0 Å². The maximum atomic E-state index is 7.34. The van der Waals surface area contributed by atoms with Gasteiger partial charge in [-0.25, -0.2) is 0 Å². The maximum Gasteiger partial charge on any atom is 0.144 e. The van der Waals surface area contributed by atoms with Gasteiger partial charge in [0.05, 0.1) is 0 Å². The van der Waals surface area contributed by atoms with Gasteiger partial charge in [-0.05, 0) is 48.5 Å². The van der Waals surface area contributed by atoms with Crippen molar-refractivity contribution in [1.82, 2.24) is 0 Å². The largest absolute Gasteiger partial charge is 0.373 e. The molecule has 0 aliphatic rings. The maximum absolute atomic E-state index is 7.34. The molecule has 7 aromatic carbocycles. The summed E-state index contributed by atoms with van der Waals surface area (Å²) in [5, 5.41) is 5.55. The van der Waals surface area contributed by atoms with E-state index in [9.17, 15) is 0 Å². The Balaban J connectivity index is 0.000000177. The molecule has 0 bridgehead atoms. The van der Waals surface area contributed by atoms with Gasteiger partial charge in [-0.1, -0.05) is 72.8 Å². The van der Waals surface area contributed by atoms with E-state index in [1.807, 2.05) is 18.2 Å². The van der Waals surface area contributed by atoms with Crippen molar-refractivity contribution in [3.63, 3.8) is 0 Å². The molecule has 0 radical (unpaired) electrons. The van der Waals surface area contributed by atoms with E-state index < -0.39 is 27.2 Å². The fraction of sp³-hybridized carbons (Fsp3) is 0. The summed E-state index contributed by atoms with van der Waals surface area (Å²) in [5.41, 5.74) is 13.5. The van der Waals surface area contributed by atoms with Crippen LogP contribution in [-0.4, -0.2) is 19.9 Å². The minimum Gasteiger partial charge on any atom is -0.373 e. The molecule has 0 heterocycles. The quantitative estimate of drug-likeness (QED) is 0.0513. The molecule has 0 fully saturated rings. The molecule has 0 aromatic heterocycles. The van der Waals surface area contributed by atoms with Crippen LogP contribution in [0.2, 0.25) is 0 Å². The van der Waals surface area contributed by atoms with Gasteiger partial charge in [0.1, 0.15) is 28.5 Å². The third-order valence-corrected chi connectivity index (χ3v) is 31.3.